The molecule has 0 saturated carbocycles. The van der Waals surface area contributed by atoms with Crippen LogP contribution in [0.15, 0.2) is 9.89 Å². The van der Waals surface area contributed by atoms with Crippen molar-refractivity contribution in [1.29, 1.82) is 0 Å². The second-order valence-corrected chi connectivity index (χ2v) is 3.18. The highest BCUT2D eigenvalue weighted by Gasteiger charge is 2.09. The van der Waals surface area contributed by atoms with Crippen LogP contribution in [-0.4, -0.2) is 5.12 Å². The Morgan fingerprint density at radius 1 is 1.86 bits per heavy atom. The molecule has 1 aliphatic rings. The third kappa shape index (κ3) is 1.31. The Balaban J connectivity index is 2.58. The molecule has 1 nitrogen and oxygen atoms in total. The summed E-state index contributed by atoms with van der Waals surface area (Å²) in [7, 11) is 0. The monoisotopic (exact) mass is 178 g/mol. The van der Waals surface area contributed by atoms with Crippen LogP contribution in [0.1, 0.15) is 6.42 Å². The summed E-state index contributed by atoms with van der Waals surface area (Å²) in [5.74, 6) is 0. The lowest BCUT2D eigenvalue weighted by Crippen LogP contribution is -1.78. The minimum absolute atomic E-state index is 0.229. The van der Waals surface area contributed by atoms with E-state index in [0.29, 0.717) is 6.42 Å². The molecular formula is C4H3BrOS. The van der Waals surface area contributed by atoms with E-state index in [-0.39, 0.29) is 5.12 Å². The molecule has 0 aromatic carbocycles. The van der Waals surface area contributed by atoms with Crippen molar-refractivity contribution in [3.8, 4) is 0 Å². The molecule has 7 heavy (non-hydrogen) atoms. The van der Waals surface area contributed by atoms with Gasteiger partial charge in [-0.25, -0.2) is 0 Å². The summed E-state index contributed by atoms with van der Waals surface area (Å²) >= 11 is 4.46. The number of thioether (sulfide) groups is 1. The maximum absolute atomic E-state index is 10.3. The molecular weight excluding hydrogens is 176 g/mol. The van der Waals surface area contributed by atoms with Gasteiger partial charge in [0.15, 0.2) is 5.12 Å². The maximum Gasteiger partial charge on any atom is 0.198 e. The van der Waals surface area contributed by atoms with Crippen LogP contribution in [-0.2, 0) is 4.79 Å². The van der Waals surface area contributed by atoms with E-state index in [2.05, 4.69) is 15.9 Å². The Labute approximate surface area is 54.3 Å². The third-order valence-electron chi connectivity index (χ3n) is 0.631. The third-order valence-corrected chi connectivity index (χ3v) is 2.25. The summed E-state index contributed by atoms with van der Waals surface area (Å²) in [5.41, 5.74) is 0. The Bertz CT molecular complexity index is 130. The molecule has 1 rings (SSSR count). The molecule has 0 spiro atoms. The second kappa shape index (κ2) is 2.01. The molecule has 0 unspecified atom stereocenters. The number of hydrogen-bond acceptors (Lipinski definition) is 2. The van der Waals surface area contributed by atoms with Crippen LogP contribution in [0.3, 0.4) is 0 Å². The molecule has 0 saturated heterocycles. The fraction of sp³-hybridized carbons (Fsp3) is 0.250. The Hall–Kier alpha value is 0.240. The second-order valence-electron chi connectivity index (χ2n) is 1.23. The van der Waals surface area contributed by atoms with Crippen LogP contribution in [0.4, 0.5) is 0 Å². The van der Waals surface area contributed by atoms with Crippen molar-refractivity contribution in [3.63, 3.8) is 0 Å². The first kappa shape index (κ1) is 5.38. The van der Waals surface area contributed by atoms with E-state index in [1.54, 1.807) is 0 Å². The van der Waals surface area contributed by atoms with Gasteiger partial charge in [-0.3, -0.25) is 4.79 Å². The van der Waals surface area contributed by atoms with Gasteiger partial charge in [-0.05, 0) is 5.41 Å². The zero-order chi connectivity index (χ0) is 5.28. The zero-order valence-electron chi connectivity index (χ0n) is 3.48. The van der Waals surface area contributed by atoms with Gasteiger partial charge in [0.1, 0.15) is 0 Å². The molecule has 0 bridgehead atoms. The molecule has 0 aromatic heterocycles. The molecule has 38 valence electrons. The first-order chi connectivity index (χ1) is 3.29. The summed E-state index contributed by atoms with van der Waals surface area (Å²) in [6.45, 7) is 0. The maximum atomic E-state index is 10.3. The topological polar surface area (TPSA) is 17.1 Å². The molecule has 0 aliphatic carbocycles. The van der Waals surface area contributed by atoms with Gasteiger partial charge in [-0.2, -0.15) is 0 Å². The highest BCUT2D eigenvalue weighted by atomic mass is 79.9. The quantitative estimate of drug-likeness (QED) is 0.564. The van der Waals surface area contributed by atoms with E-state index < -0.39 is 0 Å². The summed E-state index contributed by atoms with van der Waals surface area (Å²) < 4.78 is 1.00. The van der Waals surface area contributed by atoms with Gasteiger partial charge in [-0.1, -0.05) is 27.7 Å². The lowest BCUT2D eigenvalue weighted by molar-refractivity contribution is -0.110. The molecule has 1 heterocycles. The first-order valence-corrected chi connectivity index (χ1v) is 3.50. The van der Waals surface area contributed by atoms with Crippen molar-refractivity contribution in [3.05, 3.63) is 9.89 Å². The fourth-order valence-corrected chi connectivity index (χ4v) is 1.65. The van der Waals surface area contributed by atoms with Gasteiger partial charge in [0.25, 0.3) is 0 Å². The van der Waals surface area contributed by atoms with Gasteiger partial charge in [0.2, 0.25) is 0 Å². The van der Waals surface area contributed by atoms with E-state index in [1.165, 1.54) is 11.8 Å². The molecule has 0 radical (unpaired) electrons. The number of carbonyl (C=O) groups is 1. The molecule has 0 atom stereocenters. The van der Waals surface area contributed by atoms with Crippen LogP contribution in [0, 0.1) is 0 Å². The van der Waals surface area contributed by atoms with Crippen LogP contribution < -0.4 is 0 Å². The predicted molar refractivity (Wildman–Crippen MR) is 34.2 cm³/mol. The first-order valence-electron chi connectivity index (χ1n) is 1.83. The van der Waals surface area contributed by atoms with Crippen LogP contribution in [0.25, 0.3) is 0 Å². The van der Waals surface area contributed by atoms with Crippen LogP contribution in [0.5, 0.6) is 0 Å². The van der Waals surface area contributed by atoms with Crippen molar-refractivity contribution in [1.82, 2.24) is 0 Å². The molecule has 3 heteroatoms. The number of halogens is 1. The van der Waals surface area contributed by atoms with Crippen molar-refractivity contribution in [2.24, 2.45) is 0 Å². The number of rotatable bonds is 0. The zero-order valence-corrected chi connectivity index (χ0v) is 5.88. The smallest absolute Gasteiger partial charge is 0.198 e. The highest BCUT2D eigenvalue weighted by molar-refractivity contribution is 9.11. The van der Waals surface area contributed by atoms with E-state index in [0.717, 1.165) is 4.48 Å². The average Bonchev–Trinajstić information content (AvgIpc) is 1.87. The highest BCUT2D eigenvalue weighted by Crippen LogP contribution is 2.27. The number of hydrogen-bond donors (Lipinski definition) is 0. The summed E-state index contributed by atoms with van der Waals surface area (Å²) in [5, 5.41) is 2.05. The number of allylic oxidation sites excluding steroid dienone is 1. The molecule has 0 fully saturated rings. The molecule has 0 aromatic rings. The van der Waals surface area contributed by atoms with Gasteiger partial charge < -0.3 is 0 Å². The van der Waals surface area contributed by atoms with Crippen LogP contribution in [0.2, 0.25) is 0 Å². The summed E-state index contributed by atoms with van der Waals surface area (Å²) in [6, 6.07) is 0. The Kier molecular flexibility index (Phi) is 1.54. The SMILES string of the molecule is O=C1CC(Br)=CS1. The van der Waals surface area contributed by atoms with E-state index in [9.17, 15) is 4.79 Å². The minimum atomic E-state index is 0.229. The molecule has 0 amide bonds. The number of carbonyl (C=O) groups excluding carboxylic acids is 1. The van der Waals surface area contributed by atoms with E-state index in [4.69, 9.17) is 0 Å². The van der Waals surface area contributed by atoms with Crippen molar-refractivity contribution in [2.75, 3.05) is 0 Å². The summed E-state index contributed by atoms with van der Waals surface area (Å²) in [6.07, 6.45) is 0.574. The van der Waals surface area contributed by atoms with Crippen molar-refractivity contribution in [2.45, 2.75) is 6.42 Å². The largest absolute Gasteiger partial charge is 0.286 e. The molecule has 0 N–H and O–H groups in total. The predicted octanol–water partition coefficient (Wildman–Crippen LogP) is 1.89. The average molecular weight is 179 g/mol. The van der Waals surface area contributed by atoms with Gasteiger partial charge >= 0.3 is 0 Å². The standard InChI is InChI=1S/C4H3BrOS/c5-3-1-4(6)7-2-3/h2H,1H2. The Morgan fingerprint density at radius 3 is 2.71 bits per heavy atom. The van der Waals surface area contributed by atoms with E-state index in [1.807, 2.05) is 5.41 Å². The van der Waals surface area contributed by atoms with Gasteiger partial charge in [-0.15, -0.1) is 0 Å². The Morgan fingerprint density at radius 2 is 2.57 bits per heavy atom. The normalized spacial score (nSPS) is 20.1. The van der Waals surface area contributed by atoms with E-state index >= 15 is 0 Å². The van der Waals surface area contributed by atoms with Crippen molar-refractivity contribution >= 4 is 32.8 Å². The fourth-order valence-electron chi connectivity index (χ4n) is 0.351. The summed E-state index contributed by atoms with van der Waals surface area (Å²) in [4.78, 5) is 10.3. The van der Waals surface area contributed by atoms with Gasteiger partial charge in [0.05, 0.1) is 0 Å². The van der Waals surface area contributed by atoms with Crippen LogP contribution >= 0.6 is 27.7 Å². The lowest BCUT2D eigenvalue weighted by Gasteiger charge is -1.76. The van der Waals surface area contributed by atoms with Crippen molar-refractivity contribution < 1.29 is 4.79 Å². The molecule has 1 aliphatic heterocycles. The minimum Gasteiger partial charge on any atom is -0.286 e. The van der Waals surface area contributed by atoms with Gasteiger partial charge in [0, 0.05) is 10.9 Å². The lowest BCUT2D eigenvalue weighted by atomic mass is 10.5.